The van der Waals surface area contributed by atoms with Crippen LogP contribution in [0.5, 0.6) is 0 Å². The second-order valence-corrected chi connectivity index (χ2v) is 3.75. The predicted octanol–water partition coefficient (Wildman–Crippen LogP) is 0.217. The number of carbonyl (C=O) groups is 2. The number of hydrogen-bond acceptors (Lipinski definition) is 4. The number of benzene rings is 1. The van der Waals surface area contributed by atoms with Crippen molar-refractivity contribution in [2.24, 2.45) is 0 Å². The lowest BCUT2D eigenvalue weighted by atomic mass is 10.1. The maximum absolute atomic E-state index is 11.4. The molecular weight excluding hydrogens is 252 g/mol. The average molecular weight is 262 g/mol. The number of hydrogen-bond donors (Lipinski definition) is 3. The van der Waals surface area contributed by atoms with Crippen LogP contribution < -0.4 is 11.0 Å². The minimum atomic E-state index is -1.21. The van der Waals surface area contributed by atoms with Crippen molar-refractivity contribution in [3.8, 4) is 5.69 Å². The van der Waals surface area contributed by atoms with Gasteiger partial charge < -0.3 is 10.4 Å². The zero-order chi connectivity index (χ0) is 14.0. The van der Waals surface area contributed by atoms with Gasteiger partial charge in [0.1, 0.15) is 6.33 Å². The number of carboxylic acid groups (broad SMARTS) is 1. The average Bonchev–Trinajstić information content (AvgIpc) is 2.74. The summed E-state index contributed by atoms with van der Waals surface area (Å²) in [5.74, 6) is -1.53. The van der Waals surface area contributed by atoms with Gasteiger partial charge in [-0.2, -0.15) is 5.10 Å². The Hall–Kier alpha value is -2.90. The van der Waals surface area contributed by atoms with E-state index in [9.17, 15) is 14.4 Å². The van der Waals surface area contributed by atoms with Crippen molar-refractivity contribution in [2.75, 3.05) is 5.32 Å². The van der Waals surface area contributed by atoms with Gasteiger partial charge in [0.05, 0.1) is 11.3 Å². The van der Waals surface area contributed by atoms with Crippen LogP contribution in [0.1, 0.15) is 17.3 Å². The number of amides is 1. The molecule has 19 heavy (non-hydrogen) atoms. The molecule has 0 saturated carbocycles. The van der Waals surface area contributed by atoms with Gasteiger partial charge in [-0.1, -0.05) is 0 Å². The summed E-state index contributed by atoms with van der Waals surface area (Å²) in [4.78, 5) is 33.6. The van der Waals surface area contributed by atoms with E-state index in [0.29, 0.717) is 5.69 Å². The molecule has 0 aliphatic heterocycles. The van der Waals surface area contributed by atoms with E-state index in [4.69, 9.17) is 5.11 Å². The third kappa shape index (κ3) is 2.51. The zero-order valence-electron chi connectivity index (χ0n) is 9.88. The fraction of sp³-hybridized carbons (Fsp3) is 0.0909. The summed E-state index contributed by atoms with van der Waals surface area (Å²) in [6.45, 7) is 1.31. The number of carboxylic acids is 1. The molecule has 0 aliphatic carbocycles. The minimum Gasteiger partial charge on any atom is -0.478 e. The van der Waals surface area contributed by atoms with Crippen molar-refractivity contribution in [1.29, 1.82) is 0 Å². The summed E-state index contributed by atoms with van der Waals surface area (Å²) in [7, 11) is 0. The molecule has 3 N–H and O–H groups in total. The fourth-order valence-corrected chi connectivity index (χ4v) is 1.62. The number of rotatable bonds is 3. The molecule has 0 aliphatic rings. The Labute approximate surface area is 106 Å². The van der Waals surface area contributed by atoms with E-state index in [-0.39, 0.29) is 17.2 Å². The Bertz CT molecular complexity index is 701. The van der Waals surface area contributed by atoms with E-state index in [0.717, 1.165) is 4.57 Å². The van der Waals surface area contributed by atoms with E-state index >= 15 is 0 Å². The lowest BCUT2D eigenvalue weighted by molar-refractivity contribution is -0.114. The van der Waals surface area contributed by atoms with E-state index in [2.05, 4.69) is 15.5 Å². The van der Waals surface area contributed by atoms with Crippen molar-refractivity contribution in [3.05, 3.63) is 40.6 Å². The maximum atomic E-state index is 11.4. The Kier molecular flexibility index (Phi) is 3.15. The first-order valence-corrected chi connectivity index (χ1v) is 5.26. The van der Waals surface area contributed by atoms with Crippen molar-refractivity contribution < 1.29 is 14.7 Å². The molecule has 0 atom stereocenters. The summed E-state index contributed by atoms with van der Waals surface area (Å²) in [5.41, 5.74) is -0.157. The van der Waals surface area contributed by atoms with Crippen LogP contribution in [0.25, 0.3) is 5.69 Å². The number of nitrogens with one attached hydrogen (secondary N) is 2. The van der Waals surface area contributed by atoms with Crippen molar-refractivity contribution in [1.82, 2.24) is 14.8 Å². The molecule has 0 fully saturated rings. The van der Waals surface area contributed by atoms with Crippen LogP contribution in [-0.2, 0) is 4.79 Å². The monoisotopic (exact) mass is 262 g/mol. The standard InChI is InChI=1S/C11H10N4O4/c1-6(16)13-7-2-3-9(8(4-7)10(17)18)15-5-12-14-11(15)19/h2-5H,1H3,(H,13,16)(H,14,19)(H,17,18). The predicted molar refractivity (Wildman–Crippen MR) is 65.4 cm³/mol. The Balaban J connectivity index is 2.56. The number of aromatic nitrogens is 3. The fourth-order valence-electron chi connectivity index (χ4n) is 1.62. The summed E-state index contributed by atoms with van der Waals surface area (Å²) in [5, 5.41) is 17.3. The number of nitrogens with zero attached hydrogens (tertiary/aromatic N) is 2. The summed E-state index contributed by atoms with van der Waals surface area (Å²) >= 11 is 0. The number of aromatic carboxylic acids is 1. The van der Waals surface area contributed by atoms with Crippen LogP contribution >= 0.6 is 0 Å². The molecule has 1 amide bonds. The lowest BCUT2D eigenvalue weighted by Gasteiger charge is -2.08. The van der Waals surface area contributed by atoms with Gasteiger partial charge in [-0.25, -0.2) is 19.3 Å². The van der Waals surface area contributed by atoms with E-state index in [1.165, 1.54) is 31.5 Å². The molecule has 1 aromatic carbocycles. The molecule has 0 spiro atoms. The first kappa shape index (κ1) is 12.6. The summed E-state index contributed by atoms with van der Waals surface area (Å²) in [6.07, 6.45) is 1.18. The highest BCUT2D eigenvalue weighted by Gasteiger charge is 2.14. The van der Waals surface area contributed by atoms with Gasteiger partial charge in [-0.15, -0.1) is 0 Å². The van der Waals surface area contributed by atoms with E-state index < -0.39 is 11.7 Å². The third-order valence-corrected chi connectivity index (χ3v) is 2.36. The van der Waals surface area contributed by atoms with Gasteiger partial charge in [-0.05, 0) is 18.2 Å². The first-order valence-electron chi connectivity index (χ1n) is 5.26. The molecule has 0 bridgehead atoms. The molecule has 1 heterocycles. The molecule has 0 saturated heterocycles. The second-order valence-electron chi connectivity index (χ2n) is 3.75. The van der Waals surface area contributed by atoms with Crippen LogP contribution in [0, 0.1) is 0 Å². The second kappa shape index (κ2) is 4.77. The number of aromatic amines is 1. The van der Waals surface area contributed by atoms with E-state index in [1.54, 1.807) is 0 Å². The molecular formula is C11H10N4O4. The minimum absolute atomic E-state index is 0.116. The Morgan fingerprint density at radius 2 is 2.16 bits per heavy atom. The summed E-state index contributed by atoms with van der Waals surface area (Å²) in [6, 6.07) is 4.20. The summed E-state index contributed by atoms with van der Waals surface area (Å²) < 4.78 is 1.07. The van der Waals surface area contributed by atoms with Crippen LogP contribution in [0.4, 0.5) is 5.69 Å². The van der Waals surface area contributed by atoms with Gasteiger partial charge in [-0.3, -0.25) is 4.79 Å². The zero-order valence-corrected chi connectivity index (χ0v) is 9.88. The van der Waals surface area contributed by atoms with E-state index in [1.807, 2.05) is 0 Å². The highest BCUT2D eigenvalue weighted by atomic mass is 16.4. The number of carbonyl (C=O) groups excluding carboxylic acids is 1. The van der Waals surface area contributed by atoms with Gasteiger partial charge in [0.15, 0.2) is 0 Å². The van der Waals surface area contributed by atoms with Crippen molar-refractivity contribution in [3.63, 3.8) is 0 Å². The highest BCUT2D eigenvalue weighted by Crippen LogP contribution is 2.18. The highest BCUT2D eigenvalue weighted by molar-refractivity contribution is 5.95. The van der Waals surface area contributed by atoms with Gasteiger partial charge in [0.2, 0.25) is 5.91 Å². The van der Waals surface area contributed by atoms with Crippen molar-refractivity contribution >= 4 is 17.6 Å². The van der Waals surface area contributed by atoms with Crippen LogP contribution in [0.2, 0.25) is 0 Å². The topological polar surface area (TPSA) is 117 Å². The molecule has 0 radical (unpaired) electrons. The Morgan fingerprint density at radius 1 is 1.42 bits per heavy atom. The molecule has 8 nitrogen and oxygen atoms in total. The molecule has 98 valence electrons. The van der Waals surface area contributed by atoms with Gasteiger partial charge in [0, 0.05) is 12.6 Å². The van der Waals surface area contributed by atoms with Crippen LogP contribution in [0.3, 0.4) is 0 Å². The molecule has 2 aromatic rings. The first-order chi connectivity index (χ1) is 8.99. The van der Waals surface area contributed by atoms with Crippen LogP contribution in [-0.4, -0.2) is 31.7 Å². The largest absolute Gasteiger partial charge is 0.478 e. The third-order valence-electron chi connectivity index (χ3n) is 2.36. The van der Waals surface area contributed by atoms with Crippen molar-refractivity contribution in [2.45, 2.75) is 6.92 Å². The quantitative estimate of drug-likeness (QED) is 0.731. The lowest BCUT2D eigenvalue weighted by Crippen LogP contribution is -2.17. The maximum Gasteiger partial charge on any atom is 0.347 e. The smallest absolute Gasteiger partial charge is 0.347 e. The number of anilines is 1. The van der Waals surface area contributed by atoms with Gasteiger partial charge in [0.25, 0.3) is 0 Å². The molecule has 2 rings (SSSR count). The SMILES string of the molecule is CC(=O)Nc1ccc(-n2cn[nH]c2=O)c(C(=O)O)c1. The number of H-pyrrole nitrogens is 1. The normalized spacial score (nSPS) is 10.2. The molecule has 8 heteroatoms. The van der Waals surface area contributed by atoms with Gasteiger partial charge >= 0.3 is 11.7 Å². The molecule has 0 unspecified atom stereocenters. The Morgan fingerprint density at radius 3 is 2.68 bits per heavy atom. The van der Waals surface area contributed by atoms with Crippen LogP contribution in [0.15, 0.2) is 29.3 Å². The molecule has 1 aromatic heterocycles.